The number of nitrogens with one attached hydrogen (secondary N) is 1. The standard InChI is InChI=1S/C17H32N2O/c1-2-19(12-15-4-3-5-15)14-17(8-10-20-11-9-17)13-18-16-6-7-16/h15-16,18H,2-14H2,1H3. The third-order valence-electron chi connectivity index (χ3n) is 5.64. The van der Waals surface area contributed by atoms with Crippen molar-refractivity contribution in [2.75, 3.05) is 39.4 Å². The van der Waals surface area contributed by atoms with Gasteiger partial charge in [0.2, 0.25) is 0 Å². The lowest BCUT2D eigenvalue weighted by Gasteiger charge is -2.43. The predicted molar refractivity (Wildman–Crippen MR) is 83.0 cm³/mol. The highest BCUT2D eigenvalue weighted by Crippen LogP contribution is 2.34. The van der Waals surface area contributed by atoms with E-state index >= 15 is 0 Å². The number of nitrogens with zero attached hydrogens (tertiary/aromatic N) is 1. The fraction of sp³-hybridized carbons (Fsp3) is 1.00. The number of ether oxygens (including phenoxy) is 1. The number of hydrogen-bond acceptors (Lipinski definition) is 3. The zero-order valence-electron chi connectivity index (χ0n) is 13.2. The van der Waals surface area contributed by atoms with E-state index in [1.54, 1.807) is 0 Å². The molecule has 3 fully saturated rings. The molecule has 0 bridgehead atoms. The maximum absolute atomic E-state index is 5.63. The third kappa shape index (κ3) is 3.96. The Hall–Kier alpha value is -0.120. The Bertz CT molecular complexity index is 293. The zero-order chi connectivity index (χ0) is 13.8. The number of hydrogen-bond donors (Lipinski definition) is 1. The molecule has 0 spiro atoms. The summed E-state index contributed by atoms with van der Waals surface area (Å²) in [4.78, 5) is 2.73. The Labute approximate surface area is 124 Å². The van der Waals surface area contributed by atoms with E-state index in [0.29, 0.717) is 5.41 Å². The first-order valence-corrected chi connectivity index (χ1v) is 8.83. The van der Waals surface area contributed by atoms with Crippen molar-refractivity contribution < 1.29 is 4.74 Å². The first kappa shape index (κ1) is 14.8. The zero-order valence-corrected chi connectivity index (χ0v) is 13.2. The Morgan fingerprint density at radius 2 is 1.90 bits per heavy atom. The molecule has 2 aliphatic carbocycles. The molecule has 1 heterocycles. The summed E-state index contributed by atoms with van der Waals surface area (Å²) in [6, 6.07) is 0.830. The molecule has 0 atom stereocenters. The Morgan fingerprint density at radius 3 is 2.45 bits per heavy atom. The summed E-state index contributed by atoms with van der Waals surface area (Å²) in [6.07, 6.45) is 9.67. The Kier molecular flexibility index (Phi) is 5.00. The van der Waals surface area contributed by atoms with E-state index in [1.807, 2.05) is 0 Å². The lowest BCUT2D eigenvalue weighted by Crippen LogP contribution is -2.49. The predicted octanol–water partition coefficient (Wildman–Crippen LogP) is 2.66. The lowest BCUT2D eigenvalue weighted by molar-refractivity contribution is -0.00800. The molecule has 0 aromatic heterocycles. The van der Waals surface area contributed by atoms with Crippen LogP contribution in [0.3, 0.4) is 0 Å². The van der Waals surface area contributed by atoms with E-state index in [4.69, 9.17) is 4.74 Å². The van der Waals surface area contributed by atoms with Crippen molar-refractivity contribution in [2.24, 2.45) is 11.3 Å². The van der Waals surface area contributed by atoms with Gasteiger partial charge in [0.15, 0.2) is 0 Å². The second-order valence-electron chi connectivity index (χ2n) is 7.39. The van der Waals surface area contributed by atoms with Crippen molar-refractivity contribution in [1.82, 2.24) is 10.2 Å². The van der Waals surface area contributed by atoms with Gasteiger partial charge in [0.25, 0.3) is 0 Å². The van der Waals surface area contributed by atoms with Gasteiger partial charge in [-0.2, -0.15) is 0 Å². The molecular formula is C17H32N2O. The van der Waals surface area contributed by atoms with Crippen LogP contribution in [0.15, 0.2) is 0 Å². The molecule has 116 valence electrons. The normalized spacial score (nSPS) is 26.7. The largest absolute Gasteiger partial charge is 0.381 e. The van der Waals surface area contributed by atoms with Gasteiger partial charge < -0.3 is 15.0 Å². The smallest absolute Gasteiger partial charge is 0.0472 e. The molecule has 3 heteroatoms. The Balaban J connectivity index is 1.54. The summed E-state index contributed by atoms with van der Waals surface area (Å²) in [7, 11) is 0. The van der Waals surface area contributed by atoms with Crippen LogP contribution in [0.25, 0.3) is 0 Å². The summed E-state index contributed by atoms with van der Waals surface area (Å²) in [5, 5.41) is 3.80. The summed E-state index contributed by atoms with van der Waals surface area (Å²) < 4.78 is 5.63. The van der Waals surface area contributed by atoms with Gasteiger partial charge in [-0.3, -0.25) is 0 Å². The highest BCUT2D eigenvalue weighted by Gasteiger charge is 2.36. The minimum Gasteiger partial charge on any atom is -0.381 e. The molecule has 0 aromatic carbocycles. The van der Waals surface area contributed by atoms with E-state index in [2.05, 4.69) is 17.1 Å². The van der Waals surface area contributed by atoms with Crippen LogP contribution in [-0.4, -0.2) is 50.3 Å². The Morgan fingerprint density at radius 1 is 1.15 bits per heavy atom. The summed E-state index contributed by atoms with van der Waals surface area (Å²) in [5.41, 5.74) is 0.473. The molecule has 0 radical (unpaired) electrons. The van der Waals surface area contributed by atoms with Gasteiger partial charge in [-0.15, -0.1) is 0 Å². The van der Waals surface area contributed by atoms with Crippen LogP contribution in [-0.2, 0) is 4.74 Å². The molecule has 2 saturated carbocycles. The lowest BCUT2D eigenvalue weighted by atomic mass is 9.78. The minimum absolute atomic E-state index is 0.473. The van der Waals surface area contributed by atoms with Gasteiger partial charge in [-0.1, -0.05) is 13.3 Å². The average molecular weight is 280 g/mol. The SMILES string of the molecule is CCN(CC1CCC1)CC1(CNC2CC2)CCOCC1. The van der Waals surface area contributed by atoms with Crippen molar-refractivity contribution in [3.05, 3.63) is 0 Å². The molecule has 20 heavy (non-hydrogen) atoms. The first-order chi connectivity index (χ1) is 9.80. The van der Waals surface area contributed by atoms with Crippen molar-refractivity contribution >= 4 is 0 Å². The molecule has 3 aliphatic rings. The summed E-state index contributed by atoms with van der Waals surface area (Å²) >= 11 is 0. The molecule has 3 rings (SSSR count). The van der Waals surface area contributed by atoms with Crippen LogP contribution in [0.4, 0.5) is 0 Å². The highest BCUT2D eigenvalue weighted by molar-refractivity contribution is 4.91. The van der Waals surface area contributed by atoms with Crippen molar-refractivity contribution in [2.45, 2.75) is 57.9 Å². The molecule has 0 unspecified atom stereocenters. The number of rotatable bonds is 8. The van der Waals surface area contributed by atoms with Crippen molar-refractivity contribution in [3.8, 4) is 0 Å². The molecule has 1 aliphatic heterocycles. The topological polar surface area (TPSA) is 24.5 Å². The van der Waals surface area contributed by atoms with Crippen LogP contribution in [0.2, 0.25) is 0 Å². The van der Waals surface area contributed by atoms with Gasteiger partial charge in [0.05, 0.1) is 0 Å². The van der Waals surface area contributed by atoms with Gasteiger partial charge in [0, 0.05) is 38.9 Å². The minimum atomic E-state index is 0.473. The average Bonchev–Trinajstić information content (AvgIpc) is 3.25. The molecular weight excluding hydrogens is 248 g/mol. The second-order valence-corrected chi connectivity index (χ2v) is 7.39. The third-order valence-corrected chi connectivity index (χ3v) is 5.64. The first-order valence-electron chi connectivity index (χ1n) is 8.83. The van der Waals surface area contributed by atoms with Crippen molar-refractivity contribution in [1.29, 1.82) is 0 Å². The van der Waals surface area contributed by atoms with E-state index in [-0.39, 0.29) is 0 Å². The van der Waals surface area contributed by atoms with Crippen LogP contribution < -0.4 is 5.32 Å². The second kappa shape index (κ2) is 6.76. The molecule has 0 amide bonds. The highest BCUT2D eigenvalue weighted by atomic mass is 16.5. The van der Waals surface area contributed by atoms with Gasteiger partial charge in [-0.25, -0.2) is 0 Å². The van der Waals surface area contributed by atoms with Crippen LogP contribution in [0.1, 0.15) is 51.9 Å². The van der Waals surface area contributed by atoms with Gasteiger partial charge in [-0.05, 0) is 56.4 Å². The molecule has 1 N–H and O–H groups in total. The quantitative estimate of drug-likeness (QED) is 0.740. The maximum atomic E-state index is 5.63. The monoisotopic (exact) mass is 280 g/mol. The molecule has 1 saturated heterocycles. The van der Waals surface area contributed by atoms with E-state index < -0.39 is 0 Å². The van der Waals surface area contributed by atoms with E-state index in [1.165, 1.54) is 71.1 Å². The van der Waals surface area contributed by atoms with E-state index in [0.717, 1.165) is 25.2 Å². The molecule has 0 aromatic rings. The summed E-state index contributed by atoms with van der Waals surface area (Å²) in [5.74, 6) is 0.989. The summed E-state index contributed by atoms with van der Waals surface area (Å²) in [6.45, 7) is 9.30. The fourth-order valence-electron chi connectivity index (χ4n) is 3.66. The molecule has 3 nitrogen and oxygen atoms in total. The van der Waals surface area contributed by atoms with Gasteiger partial charge >= 0.3 is 0 Å². The maximum Gasteiger partial charge on any atom is 0.0472 e. The van der Waals surface area contributed by atoms with Crippen LogP contribution >= 0.6 is 0 Å². The van der Waals surface area contributed by atoms with E-state index in [9.17, 15) is 0 Å². The van der Waals surface area contributed by atoms with Gasteiger partial charge in [0.1, 0.15) is 0 Å². The van der Waals surface area contributed by atoms with Crippen LogP contribution in [0, 0.1) is 11.3 Å². The fourth-order valence-corrected chi connectivity index (χ4v) is 3.66. The van der Waals surface area contributed by atoms with Crippen LogP contribution in [0.5, 0.6) is 0 Å². The van der Waals surface area contributed by atoms with Crippen molar-refractivity contribution in [3.63, 3.8) is 0 Å².